The first-order valence-corrected chi connectivity index (χ1v) is 7.00. The number of benzene rings is 1. The van der Waals surface area contributed by atoms with Crippen LogP contribution in [0.5, 0.6) is 5.75 Å². The summed E-state index contributed by atoms with van der Waals surface area (Å²) in [4.78, 5) is 4.23. The Bertz CT molecular complexity index is 540. The Balaban J connectivity index is 2.18. The monoisotopic (exact) mass is 270 g/mol. The molecule has 0 saturated heterocycles. The van der Waals surface area contributed by atoms with Crippen LogP contribution in [0, 0.1) is 0 Å². The van der Waals surface area contributed by atoms with E-state index in [-0.39, 0.29) is 18.1 Å². The third kappa shape index (κ3) is 3.58. The number of ether oxygens (including phenoxy) is 1. The highest BCUT2D eigenvalue weighted by Gasteiger charge is 2.17. The fourth-order valence-corrected chi connectivity index (χ4v) is 2.21. The fourth-order valence-electron chi connectivity index (χ4n) is 2.21. The van der Waals surface area contributed by atoms with E-state index in [1.165, 1.54) is 5.56 Å². The van der Waals surface area contributed by atoms with Crippen molar-refractivity contribution in [2.45, 2.75) is 38.8 Å². The van der Waals surface area contributed by atoms with Gasteiger partial charge in [-0.05, 0) is 31.0 Å². The zero-order chi connectivity index (χ0) is 14.5. The van der Waals surface area contributed by atoms with E-state index in [1.807, 2.05) is 44.3 Å². The summed E-state index contributed by atoms with van der Waals surface area (Å²) >= 11 is 0. The second kappa shape index (κ2) is 6.53. The molecule has 106 valence electrons. The highest BCUT2D eigenvalue weighted by Crippen LogP contribution is 2.29. The van der Waals surface area contributed by atoms with Gasteiger partial charge < -0.3 is 10.5 Å². The largest absolute Gasteiger partial charge is 0.489 e. The standard InChI is InChI=1S/C17H22N2O/c1-12(2)20-16-9-15(10-19-11-16)17(18)13(3)14-7-5-4-6-8-14/h4-13,17H,18H2,1-3H3. The van der Waals surface area contributed by atoms with Crippen molar-refractivity contribution in [1.29, 1.82) is 0 Å². The molecule has 0 amide bonds. The number of aromatic nitrogens is 1. The van der Waals surface area contributed by atoms with Gasteiger partial charge in [0.2, 0.25) is 0 Å². The van der Waals surface area contributed by atoms with E-state index in [0.717, 1.165) is 11.3 Å². The SMILES string of the molecule is CC(C)Oc1cncc(C(N)C(C)c2ccccc2)c1. The van der Waals surface area contributed by atoms with Crippen LogP contribution < -0.4 is 10.5 Å². The van der Waals surface area contributed by atoms with E-state index < -0.39 is 0 Å². The van der Waals surface area contributed by atoms with E-state index in [0.29, 0.717) is 0 Å². The van der Waals surface area contributed by atoms with E-state index in [2.05, 4.69) is 24.0 Å². The predicted octanol–water partition coefficient (Wildman–Crippen LogP) is 3.67. The highest BCUT2D eigenvalue weighted by atomic mass is 16.5. The lowest BCUT2D eigenvalue weighted by Gasteiger charge is -2.21. The van der Waals surface area contributed by atoms with E-state index in [1.54, 1.807) is 6.20 Å². The number of pyridine rings is 1. The fraction of sp³-hybridized carbons (Fsp3) is 0.353. The van der Waals surface area contributed by atoms with Gasteiger partial charge in [-0.25, -0.2) is 0 Å². The average Bonchev–Trinajstić information content (AvgIpc) is 2.46. The molecule has 2 aromatic rings. The van der Waals surface area contributed by atoms with Crippen molar-refractivity contribution in [2.75, 3.05) is 0 Å². The molecule has 2 N–H and O–H groups in total. The Hall–Kier alpha value is -1.87. The van der Waals surface area contributed by atoms with E-state index in [4.69, 9.17) is 10.5 Å². The lowest BCUT2D eigenvalue weighted by atomic mass is 9.90. The van der Waals surface area contributed by atoms with Gasteiger partial charge in [-0.2, -0.15) is 0 Å². The quantitative estimate of drug-likeness (QED) is 0.901. The molecule has 2 rings (SSSR count). The molecule has 3 nitrogen and oxygen atoms in total. The topological polar surface area (TPSA) is 48.1 Å². The minimum atomic E-state index is -0.0967. The van der Waals surface area contributed by atoms with Crippen LogP contribution in [0.1, 0.15) is 43.9 Å². The first-order chi connectivity index (χ1) is 9.58. The zero-order valence-corrected chi connectivity index (χ0v) is 12.3. The van der Waals surface area contributed by atoms with Crippen LogP contribution in [0.3, 0.4) is 0 Å². The maximum absolute atomic E-state index is 6.37. The first kappa shape index (κ1) is 14.5. The van der Waals surface area contributed by atoms with Crippen LogP contribution in [0.15, 0.2) is 48.8 Å². The zero-order valence-electron chi connectivity index (χ0n) is 12.3. The van der Waals surface area contributed by atoms with Crippen molar-refractivity contribution < 1.29 is 4.74 Å². The van der Waals surface area contributed by atoms with Gasteiger partial charge in [0.15, 0.2) is 0 Å². The summed E-state index contributed by atoms with van der Waals surface area (Å²) in [5.41, 5.74) is 8.61. The van der Waals surface area contributed by atoms with Gasteiger partial charge in [0.25, 0.3) is 0 Å². The first-order valence-electron chi connectivity index (χ1n) is 7.00. The van der Waals surface area contributed by atoms with Crippen molar-refractivity contribution in [3.05, 3.63) is 59.9 Å². The van der Waals surface area contributed by atoms with Crippen LogP contribution in [0.2, 0.25) is 0 Å². The Morgan fingerprint density at radius 2 is 1.70 bits per heavy atom. The Morgan fingerprint density at radius 3 is 2.35 bits per heavy atom. The van der Waals surface area contributed by atoms with Crippen molar-refractivity contribution in [3.63, 3.8) is 0 Å². The number of rotatable bonds is 5. The van der Waals surface area contributed by atoms with Crippen LogP contribution in [-0.4, -0.2) is 11.1 Å². The van der Waals surface area contributed by atoms with Crippen molar-refractivity contribution >= 4 is 0 Å². The Kier molecular flexibility index (Phi) is 4.74. The molecule has 0 bridgehead atoms. The average molecular weight is 270 g/mol. The molecule has 0 spiro atoms. The molecular formula is C17H22N2O. The minimum Gasteiger partial charge on any atom is -0.489 e. The number of nitrogens with two attached hydrogens (primary N) is 1. The normalized spacial score (nSPS) is 14.1. The van der Waals surface area contributed by atoms with Gasteiger partial charge in [-0.15, -0.1) is 0 Å². The van der Waals surface area contributed by atoms with Gasteiger partial charge in [0.1, 0.15) is 5.75 Å². The highest BCUT2D eigenvalue weighted by molar-refractivity contribution is 5.30. The smallest absolute Gasteiger partial charge is 0.138 e. The second-order valence-corrected chi connectivity index (χ2v) is 5.35. The molecular weight excluding hydrogens is 248 g/mol. The Morgan fingerprint density at radius 1 is 1.00 bits per heavy atom. The molecule has 20 heavy (non-hydrogen) atoms. The van der Waals surface area contributed by atoms with Crippen LogP contribution in [0.4, 0.5) is 0 Å². The summed E-state index contributed by atoms with van der Waals surface area (Å²) in [7, 11) is 0. The summed E-state index contributed by atoms with van der Waals surface area (Å²) in [6.07, 6.45) is 3.68. The molecule has 1 heterocycles. The number of hydrogen-bond acceptors (Lipinski definition) is 3. The van der Waals surface area contributed by atoms with Gasteiger partial charge in [0, 0.05) is 18.2 Å². The van der Waals surface area contributed by atoms with Gasteiger partial charge in [0.05, 0.1) is 12.3 Å². The molecule has 0 fully saturated rings. The van der Waals surface area contributed by atoms with Crippen molar-refractivity contribution in [2.24, 2.45) is 5.73 Å². The maximum Gasteiger partial charge on any atom is 0.138 e. The van der Waals surface area contributed by atoms with Gasteiger partial charge in [-0.1, -0.05) is 37.3 Å². The molecule has 2 unspecified atom stereocenters. The van der Waals surface area contributed by atoms with Crippen LogP contribution in [0.25, 0.3) is 0 Å². The molecule has 3 heteroatoms. The summed E-state index contributed by atoms with van der Waals surface area (Å²) in [6.45, 7) is 6.13. The van der Waals surface area contributed by atoms with Crippen molar-refractivity contribution in [3.8, 4) is 5.75 Å². The second-order valence-electron chi connectivity index (χ2n) is 5.35. The van der Waals surface area contributed by atoms with Crippen LogP contribution in [-0.2, 0) is 0 Å². The lowest BCUT2D eigenvalue weighted by molar-refractivity contribution is 0.241. The summed E-state index contributed by atoms with van der Waals surface area (Å²) in [6, 6.07) is 12.2. The maximum atomic E-state index is 6.37. The van der Waals surface area contributed by atoms with E-state index in [9.17, 15) is 0 Å². The molecule has 0 aliphatic heterocycles. The molecule has 2 atom stereocenters. The number of hydrogen-bond donors (Lipinski definition) is 1. The summed E-state index contributed by atoms with van der Waals surface area (Å²) < 4.78 is 5.67. The third-order valence-electron chi connectivity index (χ3n) is 3.36. The molecule has 0 saturated carbocycles. The van der Waals surface area contributed by atoms with E-state index >= 15 is 0 Å². The third-order valence-corrected chi connectivity index (χ3v) is 3.36. The lowest BCUT2D eigenvalue weighted by Crippen LogP contribution is -2.18. The molecule has 1 aromatic heterocycles. The molecule has 1 aromatic carbocycles. The predicted molar refractivity (Wildman–Crippen MR) is 81.8 cm³/mol. The van der Waals surface area contributed by atoms with Crippen molar-refractivity contribution in [1.82, 2.24) is 4.98 Å². The summed E-state index contributed by atoms with van der Waals surface area (Å²) in [5, 5.41) is 0. The Labute approximate surface area is 120 Å². The van der Waals surface area contributed by atoms with Gasteiger partial charge in [-0.3, -0.25) is 4.98 Å². The van der Waals surface area contributed by atoms with Gasteiger partial charge >= 0.3 is 0 Å². The molecule has 0 radical (unpaired) electrons. The molecule has 0 aliphatic rings. The number of nitrogens with zero attached hydrogens (tertiary/aromatic N) is 1. The summed E-state index contributed by atoms with van der Waals surface area (Å²) in [5.74, 6) is 1.00. The minimum absolute atomic E-state index is 0.0967. The molecule has 0 aliphatic carbocycles. The van der Waals surface area contributed by atoms with Crippen LogP contribution >= 0.6 is 0 Å².